The molecule has 0 saturated heterocycles. The van der Waals surface area contributed by atoms with Crippen LogP contribution in [-0.2, 0) is 4.79 Å². The van der Waals surface area contributed by atoms with Crippen LogP contribution in [-0.4, -0.2) is 15.9 Å². The summed E-state index contributed by atoms with van der Waals surface area (Å²) in [5, 5.41) is 11.5. The summed E-state index contributed by atoms with van der Waals surface area (Å²) in [5.41, 5.74) is 2.33. The molecule has 1 aromatic heterocycles. The van der Waals surface area contributed by atoms with Crippen LogP contribution in [0.5, 0.6) is 5.75 Å². The van der Waals surface area contributed by atoms with Gasteiger partial charge in [0.1, 0.15) is 17.0 Å². The van der Waals surface area contributed by atoms with E-state index in [-0.39, 0.29) is 17.5 Å². The van der Waals surface area contributed by atoms with Crippen LogP contribution in [0.3, 0.4) is 0 Å². The average molecular weight is 291 g/mol. The van der Waals surface area contributed by atoms with Crippen molar-refractivity contribution in [2.75, 3.05) is 0 Å². The molecule has 0 bridgehead atoms. The summed E-state index contributed by atoms with van der Waals surface area (Å²) in [4.78, 5) is 15.9. The second-order valence-electron chi connectivity index (χ2n) is 5.45. The summed E-state index contributed by atoms with van der Waals surface area (Å²) in [7, 11) is 0. The molecule has 0 aliphatic carbocycles. The minimum absolute atomic E-state index is 0.0920. The largest absolute Gasteiger partial charge is 0.505 e. The fourth-order valence-corrected chi connectivity index (χ4v) is 2.81. The fourth-order valence-electron chi connectivity index (χ4n) is 2.81. The van der Waals surface area contributed by atoms with Crippen LogP contribution < -0.4 is 0 Å². The van der Waals surface area contributed by atoms with E-state index < -0.39 is 0 Å². The molecular weight excluding hydrogens is 274 g/mol. The monoisotopic (exact) mass is 291 g/mol. The van der Waals surface area contributed by atoms with Gasteiger partial charge in [0.2, 0.25) is 0 Å². The quantitative estimate of drug-likeness (QED) is 0.789. The molecular formula is C19H17NO2. The predicted octanol–water partition coefficient (Wildman–Crippen LogP) is 4.05. The Balaban J connectivity index is 2.16. The van der Waals surface area contributed by atoms with Gasteiger partial charge in [-0.3, -0.25) is 9.78 Å². The Morgan fingerprint density at radius 1 is 1.09 bits per heavy atom. The van der Waals surface area contributed by atoms with Crippen molar-refractivity contribution in [2.24, 2.45) is 0 Å². The number of aromatic nitrogens is 1. The molecule has 1 N–H and O–H groups in total. The van der Waals surface area contributed by atoms with Crippen LogP contribution in [0.15, 0.2) is 60.8 Å². The highest BCUT2D eigenvalue weighted by atomic mass is 16.3. The maximum absolute atomic E-state index is 11.7. The third-order valence-corrected chi connectivity index (χ3v) is 3.85. The van der Waals surface area contributed by atoms with Crippen LogP contribution in [0.25, 0.3) is 10.9 Å². The maximum atomic E-state index is 11.7. The molecule has 110 valence electrons. The molecule has 0 radical (unpaired) electrons. The van der Waals surface area contributed by atoms with Crippen LogP contribution >= 0.6 is 0 Å². The van der Waals surface area contributed by atoms with Gasteiger partial charge in [-0.25, -0.2) is 0 Å². The van der Waals surface area contributed by atoms with E-state index >= 15 is 0 Å². The number of phenols is 1. The SMILES string of the molecule is CC(=O)CC(c1ccccc1)c1ccc2cccnc2c1O. The lowest BCUT2D eigenvalue weighted by atomic mass is 9.86. The summed E-state index contributed by atoms with van der Waals surface area (Å²) in [6, 6.07) is 17.4. The van der Waals surface area contributed by atoms with E-state index in [1.54, 1.807) is 13.1 Å². The number of nitrogens with zero attached hydrogens (tertiary/aromatic N) is 1. The number of rotatable bonds is 4. The van der Waals surface area contributed by atoms with Crippen LogP contribution in [0.4, 0.5) is 0 Å². The first-order valence-corrected chi connectivity index (χ1v) is 7.28. The number of phenolic OH excluding ortho intramolecular Hbond substituents is 1. The topological polar surface area (TPSA) is 50.2 Å². The number of carbonyl (C=O) groups is 1. The molecule has 3 nitrogen and oxygen atoms in total. The summed E-state index contributed by atoms with van der Waals surface area (Å²) < 4.78 is 0. The molecule has 1 atom stereocenters. The van der Waals surface area contributed by atoms with E-state index in [1.165, 1.54) is 0 Å². The third-order valence-electron chi connectivity index (χ3n) is 3.85. The van der Waals surface area contributed by atoms with Crippen molar-refractivity contribution in [2.45, 2.75) is 19.3 Å². The van der Waals surface area contributed by atoms with Gasteiger partial charge in [-0.1, -0.05) is 48.5 Å². The van der Waals surface area contributed by atoms with Gasteiger partial charge in [0, 0.05) is 29.5 Å². The molecule has 0 amide bonds. The first-order valence-electron chi connectivity index (χ1n) is 7.28. The lowest BCUT2D eigenvalue weighted by molar-refractivity contribution is -0.117. The minimum Gasteiger partial charge on any atom is -0.505 e. The van der Waals surface area contributed by atoms with Gasteiger partial charge in [-0.2, -0.15) is 0 Å². The highest BCUT2D eigenvalue weighted by molar-refractivity contribution is 5.86. The Labute approximate surface area is 129 Å². The molecule has 2 aromatic carbocycles. The standard InChI is InChI=1S/C19H17NO2/c1-13(21)12-17(14-6-3-2-4-7-14)16-10-9-15-8-5-11-20-18(15)19(16)22/h2-11,17,22H,12H2,1H3. The fraction of sp³-hybridized carbons (Fsp3) is 0.158. The number of fused-ring (bicyclic) bond motifs is 1. The molecule has 0 fully saturated rings. The second-order valence-corrected chi connectivity index (χ2v) is 5.45. The number of hydrogen-bond acceptors (Lipinski definition) is 3. The van der Waals surface area contributed by atoms with Crippen molar-refractivity contribution in [1.82, 2.24) is 4.98 Å². The molecule has 3 rings (SSSR count). The highest BCUT2D eigenvalue weighted by Crippen LogP contribution is 2.37. The number of carbonyl (C=O) groups excluding carboxylic acids is 1. The smallest absolute Gasteiger partial charge is 0.145 e. The van der Waals surface area contributed by atoms with Crippen molar-refractivity contribution in [1.29, 1.82) is 0 Å². The Morgan fingerprint density at radius 3 is 2.59 bits per heavy atom. The summed E-state index contributed by atoms with van der Waals surface area (Å²) in [6.45, 7) is 1.58. The molecule has 1 unspecified atom stereocenters. The first kappa shape index (κ1) is 14.3. The summed E-state index contributed by atoms with van der Waals surface area (Å²) in [6.07, 6.45) is 2.02. The maximum Gasteiger partial charge on any atom is 0.145 e. The van der Waals surface area contributed by atoms with Gasteiger partial charge in [-0.05, 0) is 18.6 Å². The number of Topliss-reactive ketones (excluding diaryl/α,β-unsaturated/α-hetero) is 1. The van der Waals surface area contributed by atoms with Crippen LogP contribution in [0.1, 0.15) is 30.4 Å². The van der Waals surface area contributed by atoms with Gasteiger partial charge in [-0.15, -0.1) is 0 Å². The predicted molar refractivity (Wildman–Crippen MR) is 87.0 cm³/mol. The van der Waals surface area contributed by atoms with Crippen LogP contribution in [0.2, 0.25) is 0 Å². The molecule has 0 aliphatic rings. The van der Waals surface area contributed by atoms with Gasteiger partial charge >= 0.3 is 0 Å². The van der Waals surface area contributed by atoms with Gasteiger partial charge in [0.05, 0.1) is 0 Å². The van der Waals surface area contributed by atoms with Gasteiger partial charge in [0.25, 0.3) is 0 Å². The molecule has 3 aromatic rings. The zero-order valence-corrected chi connectivity index (χ0v) is 12.4. The summed E-state index contributed by atoms with van der Waals surface area (Å²) in [5.74, 6) is 0.0904. The van der Waals surface area contributed by atoms with E-state index in [2.05, 4.69) is 4.98 Å². The highest BCUT2D eigenvalue weighted by Gasteiger charge is 2.21. The lowest BCUT2D eigenvalue weighted by Gasteiger charge is -2.18. The summed E-state index contributed by atoms with van der Waals surface area (Å²) >= 11 is 0. The van der Waals surface area contributed by atoms with Gasteiger partial charge in [0.15, 0.2) is 0 Å². The number of hydrogen-bond donors (Lipinski definition) is 1. The van der Waals surface area contributed by atoms with E-state index in [9.17, 15) is 9.90 Å². The zero-order chi connectivity index (χ0) is 15.5. The zero-order valence-electron chi connectivity index (χ0n) is 12.4. The van der Waals surface area contributed by atoms with Crippen molar-refractivity contribution < 1.29 is 9.90 Å². The number of aromatic hydroxyl groups is 1. The van der Waals surface area contributed by atoms with E-state index in [1.807, 2.05) is 54.6 Å². The molecule has 22 heavy (non-hydrogen) atoms. The molecule has 1 heterocycles. The van der Waals surface area contributed by atoms with Crippen molar-refractivity contribution >= 4 is 16.7 Å². The van der Waals surface area contributed by atoms with Gasteiger partial charge < -0.3 is 5.11 Å². The average Bonchev–Trinajstić information content (AvgIpc) is 2.54. The van der Waals surface area contributed by atoms with E-state index in [4.69, 9.17) is 0 Å². The first-order chi connectivity index (χ1) is 10.7. The molecule has 0 saturated carbocycles. The van der Waals surface area contributed by atoms with Crippen molar-refractivity contribution in [3.63, 3.8) is 0 Å². The Kier molecular flexibility index (Phi) is 3.88. The van der Waals surface area contributed by atoms with E-state index in [0.29, 0.717) is 11.9 Å². The lowest BCUT2D eigenvalue weighted by Crippen LogP contribution is -2.06. The number of benzene rings is 2. The van der Waals surface area contributed by atoms with Crippen molar-refractivity contribution in [3.05, 3.63) is 71.9 Å². The number of ketones is 1. The Hall–Kier alpha value is -2.68. The molecule has 0 spiro atoms. The van der Waals surface area contributed by atoms with E-state index in [0.717, 1.165) is 16.5 Å². The Morgan fingerprint density at radius 2 is 1.86 bits per heavy atom. The second kappa shape index (κ2) is 5.98. The van der Waals surface area contributed by atoms with Crippen LogP contribution in [0, 0.1) is 0 Å². The Bertz CT molecular complexity index is 812. The third kappa shape index (κ3) is 2.70. The number of pyridine rings is 1. The van der Waals surface area contributed by atoms with Crippen molar-refractivity contribution in [3.8, 4) is 5.75 Å². The molecule has 3 heteroatoms. The molecule has 0 aliphatic heterocycles. The normalized spacial score (nSPS) is 12.2. The minimum atomic E-state index is -0.162.